The molecule has 0 aromatic heterocycles. The van der Waals surface area contributed by atoms with Gasteiger partial charge in [-0.1, -0.05) is 0 Å². The molecule has 1 N–H and O–H groups in total. The Bertz CT molecular complexity index is 982. The molecule has 0 fully saturated rings. The van der Waals surface area contributed by atoms with Crippen LogP contribution in [0.4, 0.5) is 0 Å². The third kappa shape index (κ3) is 6.72. The van der Waals surface area contributed by atoms with Gasteiger partial charge in [0.2, 0.25) is 0 Å². The van der Waals surface area contributed by atoms with E-state index in [0.29, 0.717) is 0 Å². The second-order valence-electron chi connectivity index (χ2n) is 12.5. The standard InChI is InChI=1S/3C10H13.C4H7O.Sn/c3*1-10(2,3)9-7-5-4-6-8-9;1-2-3-4-5;/h3*4-8H,1H2,2-3H3;2,5H,4H2,1H3;. The number of hydrogen-bond donors (Lipinski definition) is 1. The van der Waals surface area contributed by atoms with E-state index in [9.17, 15) is 5.11 Å². The van der Waals surface area contributed by atoms with Crippen LogP contribution in [0.3, 0.4) is 0 Å². The van der Waals surface area contributed by atoms with Crippen LogP contribution < -0.4 is 0 Å². The molecule has 0 saturated carbocycles. The van der Waals surface area contributed by atoms with Crippen LogP contribution in [0.5, 0.6) is 0 Å². The molecule has 3 aromatic carbocycles. The van der Waals surface area contributed by atoms with Crippen LogP contribution in [0.1, 0.15) is 65.2 Å². The van der Waals surface area contributed by atoms with Crippen molar-refractivity contribution in [3.8, 4) is 0 Å². The Balaban J connectivity index is 2.19. The van der Waals surface area contributed by atoms with Crippen molar-refractivity contribution in [1.82, 2.24) is 0 Å². The quantitative estimate of drug-likeness (QED) is 0.222. The Morgan fingerprint density at radius 3 is 1.08 bits per heavy atom. The first-order valence-electron chi connectivity index (χ1n) is 13.4. The van der Waals surface area contributed by atoms with Crippen molar-refractivity contribution in [2.75, 3.05) is 6.61 Å². The van der Waals surface area contributed by atoms with E-state index in [0.717, 1.165) is 0 Å². The van der Waals surface area contributed by atoms with Crippen molar-refractivity contribution in [2.24, 2.45) is 0 Å². The SMILES string of the molecule is C/C=[C](/CO)[Sn]([CH2]C(C)(C)c1ccccc1)([CH2]C(C)(C)c1ccccc1)[CH2]C(C)(C)c1ccccc1. The summed E-state index contributed by atoms with van der Waals surface area (Å²) in [7, 11) is 0. The van der Waals surface area contributed by atoms with Crippen molar-refractivity contribution in [1.29, 1.82) is 0 Å². The summed E-state index contributed by atoms with van der Waals surface area (Å²) >= 11 is -3.32. The Morgan fingerprint density at radius 1 is 0.583 bits per heavy atom. The Hall–Kier alpha value is -1.84. The van der Waals surface area contributed by atoms with E-state index in [1.54, 1.807) is 0 Å². The zero-order valence-corrected chi connectivity index (χ0v) is 26.4. The van der Waals surface area contributed by atoms with Gasteiger partial charge in [-0.2, -0.15) is 0 Å². The first kappa shape index (κ1) is 28.7. The van der Waals surface area contributed by atoms with Crippen LogP contribution in [0.25, 0.3) is 0 Å². The number of aliphatic hydroxyl groups is 1. The van der Waals surface area contributed by atoms with Crippen LogP contribution in [0, 0.1) is 0 Å². The molecular formula is C34H46OSn. The molecule has 0 aliphatic carbocycles. The van der Waals surface area contributed by atoms with Crippen LogP contribution in [-0.2, 0) is 16.2 Å². The fourth-order valence-corrected chi connectivity index (χ4v) is 28.6. The Kier molecular flexibility index (Phi) is 9.33. The molecule has 0 atom stereocenters. The summed E-state index contributed by atoms with van der Waals surface area (Å²) in [6.07, 6.45) is 2.28. The average Bonchev–Trinajstić information content (AvgIpc) is 2.85. The molecule has 3 rings (SSSR count). The molecule has 192 valence electrons. The van der Waals surface area contributed by atoms with E-state index in [-0.39, 0.29) is 22.9 Å². The number of aliphatic hydroxyl groups excluding tert-OH is 1. The fourth-order valence-electron chi connectivity index (χ4n) is 6.61. The first-order chi connectivity index (χ1) is 17.0. The summed E-state index contributed by atoms with van der Waals surface area (Å²) in [5, 5.41) is 10.8. The van der Waals surface area contributed by atoms with Crippen LogP contribution in [-0.4, -0.2) is 30.1 Å². The van der Waals surface area contributed by atoms with E-state index in [4.69, 9.17) is 0 Å². The van der Waals surface area contributed by atoms with Gasteiger partial charge >= 0.3 is 225 Å². The molecule has 0 bridgehead atoms. The van der Waals surface area contributed by atoms with E-state index >= 15 is 0 Å². The second-order valence-corrected chi connectivity index (χ2v) is 24.7. The molecule has 0 amide bonds. The first-order valence-corrected chi connectivity index (χ1v) is 20.9. The summed E-state index contributed by atoms with van der Waals surface area (Å²) in [5.74, 6) is 0. The molecule has 0 saturated heterocycles. The summed E-state index contributed by atoms with van der Waals surface area (Å²) in [6, 6.07) is 33.0. The maximum atomic E-state index is 10.8. The number of benzene rings is 3. The summed E-state index contributed by atoms with van der Waals surface area (Å²) in [4.78, 5) is 0. The van der Waals surface area contributed by atoms with E-state index in [2.05, 4.69) is 146 Å². The average molecular weight is 589 g/mol. The van der Waals surface area contributed by atoms with Gasteiger partial charge in [-0.3, -0.25) is 0 Å². The summed E-state index contributed by atoms with van der Waals surface area (Å²) < 4.78 is 4.86. The van der Waals surface area contributed by atoms with Crippen molar-refractivity contribution >= 4 is 18.4 Å². The Morgan fingerprint density at radius 2 is 0.861 bits per heavy atom. The van der Waals surface area contributed by atoms with Crippen molar-refractivity contribution in [3.05, 3.63) is 117 Å². The molecule has 0 heterocycles. The molecule has 2 heteroatoms. The molecule has 0 radical (unpaired) electrons. The topological polar surface area (TPSA) is 20.2 Å². The molecule has 0 aliphatic heterocycles. The van der Waals surface area contributed by atoms with Crippen molar-refractivity contribution < 1.29 is 5.11 Å². The van der Waals surface area contributed by atoms with Gasteiger partial charge < -0.3 is 0 Å². The predicted molar refractivity (Wildman–Crippen MR) is 159 cm³/mol. The van der Waals surface area contributed by atoms with Gasteiger partial charge in [0.25, 0.3) is 0 Å². The summed E-state index contributed by atoms with van der Waals surface area (Å²) in [6.45, 7) is 16.8. The zero-order valence-electron chi connectivity index (χ0n) is 23.5. The molecule has 0 aliphatic rings. The van der Waals surface area contributed by atoms with Gasteiger partial charge in [-0.05, 0) is 0 Å². The van der Waals surface area contributed by atoms with Gasteiger partial charge in [0.05, 0.1) is 0 Å². The van der Waals surface area contributed by atoms with Crippen molar-refractivity contribution in [2.45, 2.75) is 78.0 Å². The zero-order chi connectivity index (χ0) is 26.5. The number of allylic oxidation sites excluding steroid dienone is 1. The van der Waals surface area contributed by atoms with Gasteiger partial charge in [0.1, 0.15) is 0 Å². The summed E-state index contributed by atoms with van der Waals surface area (Å²) in [5.41, 5.74) is 4.28. The maximum absolute atomic E-state index is 10.8. The third-order valence-electron chi connectivity index (χ3n) is 8.21. The number of hydrogen-bond acceptors (Lipinski definition) is 1. The molecular weight excluding hydrogens is 543 g/mol. The normalized spacial score (nSPS) is 13.6. The molecule has 1 nitrogen and oxygen atoms in total. The van der Waals surface area contributed by atoms with Gasteiger partial charge in [-0.15, -0.1) is 0 Å². The van der Waals surface area contributed by atoms with Gasteiger partial charge in [0, 0.05) is 0 Å². The molecule has 0 unspecified atom stereocenters. The third-order valence-corrected chi connectivity index (χ3v) is 26.7. The molecule has 36 heavy (non-hydrogen) atoms. The van der Waals surface area contributed by atoms with Gasteiger partial charge in [0.15, 0.2) is 0 Å². The predicted octanol–water partition coefficient (Wildman–Crippen LogP) is 8.85. The molecule has 0 spiro atoms. The van der Waals surface area contributed by atoms with Crippen LogP contribution in [0.2, 0.25) is 13.3 Å². The van der Waals surface area contributed by atoms with E-state index in [1.165, 1.54) is 33.6 Å². The van der Waals surface area contributed by atoms with E-state index < -0.39 is 18.4 Å². The Labute approximate surface area is 224 Å². The second kappa shape index (κ2) is 11.7. The molecule has 3 aromatic rings. The number of rotatable bonds is 11. The monoisotopic (exact) mass is 590 g/mol. The minimum absolute atomic E-state index is 0.0281. The van der Waals surface area contributed by atoms with Crippen molar-refractivity contribution in [3.63, 3.8) is 0 Å². The van der Waals surface area contributed by atoms with Crippen LogP contribution in [0.15, 0.2) is 101 Å². The fraction of sp³-hybridized carbons (Fsp3) is 0.412. The van der Waals surface area contributed by atoms with Gasteiger partial charge in [-0.25, -0.2) is 0 Å². The van der Waals surface area contributed by atoms with E-state index in [1.807, 2.05) is 0 Å². The van der Waals surface area contributed by atoms with Crippen LogP contribution >= 0.6 is 0 Å². The minimum atomic E-state index is -3.32.